The minimum absolute atomic E-state index is 0.175. The van der Waals surface area contributed by atoms with Crippen molar-refractivity contribution in [2.24, 2.45) is 5.92 Å². The molecule has 0 radical (unpaired) electrons. The van der Waals surface area contributed by atoms with Gasteiger partial charge in [0.25, 0.3) is 10.1 Å². The van der Waals surface area contributed by atoms with Crippen molar-refractivity contribution in [3.63, 3.8) is 0 Å². The Kier molecular flexibility index (Phi) is 2.24. The molecule has 1 heterocycles. The van der Waals surface area contributed by atoms with Crippen LogP contribution in [0.3, 0.4) is 0 Å². The third kappa shape index (κ3) is 2.00. The molecule has 2 unspecified atom stereocenters. The first-order valence-electron chi connectivity index (χ1n) is 4.23. The summed E-state index contributed by atoms with van der Waals surface area (Å²) in [4.78, 5) is 10.7. The van der Waals surface area contributed by atoms with E-state index in [0.717, 1.165) is 0 Å². The average Bonchev–Trinajstić information content (AvgIpc) is 2.15. The van der Waals surface area contributed by atoms with Gasteiger partial charge in [-0.25, -0.2) is 4.79 Å². The molecule has 0 fully saturated rings. The van der Waals surface area contributed by atoms with E-state index in [-0.39, 0.29) is 10.8 Å². The summed E-state index contributed by atoms with van der Waals surface area (Å²) < 4.78 is 35.4. The van der Waals surface area contributed by atoms with Gasteiger partial charge in [0.15, 0.2) is 0 Å². The number of carbonyl (C=O) groups is 1. The average molecular weight is 228 g/mol. The fraction of sp³-hybridized carbons (Fsp3) is 0.222. The van der Waals surface area contributed by atoms with E-state index in [4.69, 9.17) is 9.29 Å². The Balaban J connectivity index is 2.35. The summed E-state index contributed by atoms with van der Waals surface area (Å²) in [6.07, 6.45) is 6.32. The lowest BCUT2D eigenvalue weighted by Crippen LogP contribution is -2.28. The van der Waals surface area contributed by atoms with Crippen molar-refractivity contribution in [2.75, 3.05) is 0 Å². The van der Waals surface area contributed by atoms with E-state index < -0.39 is 22.2 Å². The van der Waals surface area contributed by atoms with Crippen LogP contribution in [0, 0.1) is 5.92 Å². The number of ether oxygens (including phenoxy) is 1. The number of allylic oxidation sites excluding steroid dienone is 1. The standard InChI is InChI=1S/C9H8O5S/c10-9-4-1-6-5-7(15(11,12)13)2-3-8(6)14-9/h1-6,8H,(H,11,12,13). The molecule has 1 aliphatic carbocycles. The van der Waals surface area contributed by atoms with Crippen molar-refractivity contribution in [3.05, 3.63) is 35.3 Å². The predicted octanol–water partition coefficient (Wildman–Crippen LogP) is 0.426. The minimum atomic E-state index is -4.19. The molecule has 15 heavy (non-hydrogen) atoms. The molecule has 0 saturated carbocycles. The summed E-state index contributed by atoms with van der Waals surface area (Å²) in [5.74, 6) is -0.783. The Morgan fingerprint density at radius 2 is 2.00 bits per heavy atom. The third-order valence-corrected chi connectivity index (χ3v) is 3.06. The second-order valence-corrected chi connectivity index (χ2v) is 4.66. The summed E-state index contributed by atoms with van der Waals surface area (Å²) >= 11 is 0. The van der Waals surface area contributed by atoms with Crippen LogP contribution in [-0.4, -0.2) is 25.0 Å². The number of fused-ring (bicyclic) bond motifs is 1. The molecule has 0 amide bonds. The fourth-order valence-electron chi connectivity index (χ4n) is 1.48. The van der Waals surface area contributed by atoms with Gasteiger partial charge in [-0.3, -0.25) is 4.55 Å². The Morgan fingerprint density at radius 3 is 2.67 bits per heavy atom. The molecule has 80 valence electrons. The Bertz CT molecular complexity index is 483. The zero-order valence-corrected chi connectivity index (χ0v) is 8.35. The van der Waals surface area contributed by atoms with Gasteiger partial charge in [0.1, 0.15) is 6.10 Å². The van der Waals surface area contributed by atoms with E-state index in [1.807, 2.05) is 0 Å². The molecule has 0 aromatic carbocycles. The second kappa shape index (κ2) is 3.32. The predicted molar refractivity (Wildman–Crippen MR) is 51.3 cm³/mol. The second-order valence-electron chi connectivity index (χ2n) is 3.24. The molecule has 0 aromatic rings. The van der Waals surface area contributed by atoms with Crippen molar-refractivity contribution in [1.82, 2.24) is 0 Å². The van der Waals surface area contributed by atoms with Crippen molar-refractivity contribution in [3.8, 4) is 0 Å². The number of rotatable bonds is 1. The van der Waals surface area contributed by atoms with Crippen LogP contribution in [0.25, 0.3) is 0 Å². The maximum Gasteiger partial charge on any atom is 0.331 e. The van der Waals surface area contributed by atoms with Crippen LogP contribution in [0.4, 0.5) is 0 Å². The van der Waals surface area contributed by atoms with Crippen LogP contribution in [0.15, 0.2) is 35.3 Å². The van der Waals surface area contributed by atoms with Gasteiger partial charge < -0.3 is 4.74 Å². The molecule has 1 aliphatic heterocycles. The first-order valence-corrected chi connectivity index (χ1v) is 5.67. The topological polar surface area (TPSA) is 80.7 Å². The Labute approximate surface area is 86.5 Å². The Hall–Kier alpha value is -1.40. The van der Waals surface area contributed by atoms with Gasteiger partial charge in [0, 0.05) is 12.0 Å². The summed E-state index contributed by atoms with van der Waals surface area (Å²) in [6.45, 7) is 0. The van der Waals surface area contributed by atoms with Crippen molar-refractivity contribution >= 4 is 16.1 Å². The smallest absolute Gasteiger partial charge is 0.331 e. The van der Waals surface area contributed by atoms with Gasteiger partial charge in [-0.2, -0.15) is 8.42 Å². The molecule has 5 nitrogen and oxygen atoms in total. The van der Waals surface area contributed by atoms with Crippen molar-refractivity contribution in [1.29, 1.82) is 0 Å². The lowest BCUT2D eigenvalue weighted by Gasteiger charge is -2.25. The number of carbonyl (C=O) groups excluding carboxylic acids is 1. The highest BCUT2D eigenvalue weighted by atomic mass is 32.2. The third-order valence-electron chi connectivity index (χ3n) is 2.19. The minimum Gasteiger partial charge on any atom is -0.454 e. The van der Waals surface area contributed by atoms with E-state index in [1.165, 1.54) is 24.3 Å². The Morgan fingerprint density at radius 1 is 1.27 bits per heavy atom. The van der Waals surface area contributed by atoms with E-state index in [0.29, 0.717) is 0 Å². The maximum absolute atomic E-state index is 10.9. The molecule has 0 saturated heterocycles. The molecule has 0 spiro atoms. The van der Waals surface area contributed by atoms with Crippen molar-refractivity contribution in [2.45, 2.75) is 6.10 Å². The summed E-state index contributed by atoms with van der Waals surface area (Å²) in [7, 11) is -4.19. The van der Waals surface area contributed by atoms with Gasteiger partial charge in [-0.15, -0.1) is 0 Å². The SMILES string of the molecule is O=C1C=CC2C=C(S(=O)(=O)O)C=CC2O1. The maximum atomic E-state index is 10.9. The van der Waals surface area contributed by atoms with Crippen LogP contribution in [0.5, 0.6) is 0 Å². The zero-order chi connectivity index (χ0) is 11.1. The van der Waals surface area contributed by atoms with Gasteiger partial charge in [-0.1, -0.05) is 12.2 Å². The number of hydrogen-bond acceptors (Lipinski definition) is 4. The molecule has 0 aromatic heterocycles. The van der Waals surface area contributed by atoms with Crippen LogP contribution < -0.4 is 0 Å². The monoisotopic (exact) mass is 228 g/mol. The van der Waals surface area contributed by atoms with Gasteiger partial charge >= 0.3 is 5.97 Å². The highest BCUT2D eigenvalue weighted by Gasteiger charge is 2.28. The lowest BCUT2D eigenvalue weighted by atomic mass is 9.95. The normalized spacial score (nSPS) is 29.4. The molecular weight excluding hydrogens is 220 g/mol. The molecule has 2 atom stereocenters. The van der Waals surface area contributed by atoms with Gasteiger partial charge in [-0.05, 0) is 12.2 Å². The van der Waals surface area contributed by atoms with E-state index >= 15 is 0 Å². The first kappa shape index (κ1) is 10.1. The molecular formula is C9H8O5S. The summed E-state index contributed by atoms with van der Waals surface area (Å²) in [6, 6.07) is 0. The van der Waals surface area contributed by atoms with Gasteiger partial charge in [0.2, 0.25) is 0 Å². The van der Waals surface area contributed by atoms with Crippen LogP contribution >= 0.6 is 0 Å². The van der Waals surface area contributed by atoms with Gasteiger partial charge in [0.05, 0.1) is 4.91 Å². The van der Waals surface area contributed by atoms with Crippen LogP contribution in [0.2, 0.25) is 0 Å². The van der Waals surface area contributed by atoms with E-state index in [1.54, 1.807) is 6.08 Å². The highest BCUT2D eigenvalue weighted by Crippen LogP contribution is 2.26. The molecule has 2 aliphatic rings. The lowest BCUT2D eigenvalue weighted by molar-refractivity contribution is -0.143. The summed E-state index contributed by atoms with van der Waals surface area (Å²) in [5, 5.41) is 0. The summed E-state index contributed by atoms with van der Waals surface area (Å²) in [5.41, 5.74) is 0. The van der Waals surface area contributed by atoms with Crippen LogP contribution in [-0.2, 0) is 19.6 Å². The van der Waals surface area contributed by atoms with Crippen molar-refractivity contribution < 1.29 is 22.5 Å². The number of esters is 1. The zero-order valence-electron chi connectivity index (χ0n) is 7.53. The fourth-order valence-corrected chi connectivity index (χ4v) is 2.06. The van der Waals surface area contributed by atoms with Crippen LogP contribution in [0.1, 0.15) is 0 Å². The van der Waals surface area contributed by atoms with E-state index in [2.05, 4.69) is 0 Å². The first-order chi connectivity index (χ1) is 6.97. The molecule has 2 rings (SSSR count). The molecule has 1 N–H and O–H groups in total. The molecule has 0 bridgehead atoms. The van der Waals surface area contributed by atoms with E-state index in [9.17, 15) is 13.2 Å². The largest absolute Gasteiger partial charge is 0.454 e. The quantitative estimate of drug-likeness (QED) is 0.520. The molecule has 6 heteroatoms. The number of hydrogen-bond donors (Lipinski definition) is 1. The highest BCUT2D eigenvalue weighted by molar-refractivity contribution is 7.90.